The van der Waals surface area contributed by atoms with Gasteiger partial charge in [-0.1, -0.05) is 38.5 Å². The molecule has 0 saturated carbocycles. The van der Waals surface area contributed by atoms with Crippen molar-refractivity contribution >= 4 is 6.29 Å². The number of aldehydes is 1. The van der Waals surface area contributed by atoms with Gasteiger partial charge in [0, 0.05) is 18.3 Å². The first-order valence-corrected chi connectivity index (χ1v) is 9.73. The van der Waals surface area contributed by atoms with Gasteiger partial charge in [-0.3, -0.25) is 4.98 Å². The second kappa shape index (κ2) is 9.26. The van der Waals surface area contributed by atoms with Crippen LogP contribution in [0.25, 0.3) is 17.1 Å². The lowest BCUT2D eigenvalue weighted by Gasteiger charge is -2.10. The van der Waals surface area contributed by atoms with Crippen LogP contribution in [-0.4, -0.2) is 21.1 Å². The average Bonchev–Trinajstić information content (AvgIpc) is 3.13. The Bertz CT molecular complexity index is 851. The summed E-state index contributed by atoms with van der Waals surface area (Å²) in [6.07, 6.45) is 7.43. The number of carbonyl (C=O) groups is 1. The summed E-state index contributed by atoms with van der Waals surface area (Å²) in [7, 11) is 0. The first kappa shape index (κ1) is 19.0. The molecule has 0 N–H and O–H groups in total. The van der Waals surface area contributed by atoms with Crippen molar-refractivity contribution in [2.75, 3.05) is 0 Å². The molecule has 1 aromatic carbocycles. The third kappa shape index (κ3) is 4.91. The zero-order valence-electron chi connectivity index (χ0n) is 16.1. The number of unbranched alkanes of at least 4 members (excludes halogenated alkanes) is 3. The van der Waals surface area contributed by atoms with E-state index in [0.29, 0.717) is 12.3 Å². The van der Waals surface area contributed by atoms with E-state index < -0.39 is 0 Å². The fraction of sp³-hybridized carbons (Fsp3) is 0.348. The maximum absolute atomic E-state index is 10.5. The second-order valence-corrected chi connectivity index (χ2v) is 7.16. The average molecular weight is 361 g/mol. The molecular weight excluding hydrogens is 334 g/mol. The van der Waals surface area contributed by atoms with E-state index in [1.54, 1.807) is 6.20 Å². The minimum atomic E-state index is 0.512. The Kier molecular flexibility index (Phi) is 6.53. The van der Waals surface area contributed by atoms with Crippen LogP contribution < -0.4 is 0 Å². The summed E-state index contributed by atoms with van der Waals surface area (Å²) < 4.78 is 2.04. The number of aromatic nitrogens is 3. The van der Waals surface area contributed by atoms with Crippen LogP contribution in [0.2, 0.25) is 0 Å². The summed E-state index contributed by atoms with van der Waals surface area (Å²) in [5, 5.41) is 4.84. The van der Waals surface area contributed by atoms with Gasteiger partial charge in [0.05, 0.1) is 11.4 Å². The predicted octanol–water partition coefficient (Wildman–Crippen LogP) is 5.36. The fourth-order valence-corrected chi connectivity index (χ4v) is 3.17. The van der Waals surface area contributed by atoms with E-state index in [4.69, 9.17) is 5.10 Å². The Morgan fingerprint density at radius 2 is 1.81 bits per heavy atom. The molecule has 2 aromatic heterocycles. The summed E-state index contributed by atoms with van der Waals surface area (Å²) in [6, 6.07) is 16.7. The SMILES string of the molecule is CC(C)c1ccc(-n2nc(-c3ccccn3)cc2CCCCCC=O)cc1. The van der Waals surface area contributed by atoms with Gasteiger partial charge in [-0.2, -0.15) is 5.10 Å². The Hall–Kier alpha value is -2.75. The summed E-state index contributed by atoms with van der Waals surface area (Å²) in [4.78, 5) is 14.9. The molecule has 0 saturated heterocycles. The fourth-order valence-electron chi connectivity index (χ4n) is 3.17. The van der Waals surface area contributed by atoms with Gasteiger partial charge in [-0.05, 0) is 61.1 Å². The van der Waals surface area contributed by atoms with E-state index in [1.165, 1.54) is 11.3 Å². The summed E-state index contributed by atoms with van der Waals surface area (Å²) in [5.41, 5.74) is 5.36. The number of pyridine rings is 1. The Balaban J connectivity index is 1.87. The van der Waals surface area contributed by atoms with Gasteiger partial charge in [-0.15, -0.1) is 0 Å². The lowest BCUT2D eigenvalue weighted by molar-refractivity contribution is -0.107. The van der Waals surface area contributed by atoms with Gasteiger partial charge >= 0.3 is 0 Å². The molecule has 4 heteroatoms. The summed E-state index contributed by atoms with van der Waals surface area (Å²) in [5.74, 6) is 0.512. The zero-order valence-corrected chi connectivity index (χ0v) is 16.1. The van der Waals surface area contributed by atoms with Crippen LogP contribution >= 0.6 is 0 Å². The van der Waals surface area contributed by atoms with Crippen LogP contribution in [-0.2, 0) is 11.2 Å². The van der Waals surface area contributed by atoms with Gasteiger partial charge < -0.3 is 4.79 Å². The molecule has 0 radical (unpaired) electrons. The molecule has 0 atom stereocenters. The number of hydrogen-bond donors (Lipinski definition) is 0. The van der Waals surface area contributed by atoms with E-state index in [9.17, 15) is 4.79 Å². The molecule has 3 aromatic rings. The molecule has 2 heterocycles. The zero-order chi connectivity index (χ0) is 19.1. The molecule has 0 aliphatic rings. The van der Waals surface area contributed by atoms with Crippen molar-refractivity contribution in [3.05, 3.63) is 66.0 Å². The standard InChI is InChI=1S/C23H27N3O/c1-18(2)19-11-13-20(14-12-19)26-21(9-5-3-4-8-16-27)17-23(25-26)22-10-6-7-15-24-22/h6-7,10-18H,3-5,8-9H2,1-2H3. The number of nitrogens with zero attached hydrogens (tertiary/aromatic N) is 3. The smallest absolute Gasteiger partial charge is 0.119 e. The highest BCUT2D eigenvalue weighted by molar-refractivity contribution is 5.55. The summed E-state index contributed by atoms with van der Waals surface area (Å²) >= 11 is 0. The molecule has 140 valence electrons. The van der Waals surface area contributed by atoms with Crippen molar-refractivity contribution < 1.29 is 4.79 Å². The molecule has 0 fully saturated rings. The first-order valence-electron chi connectivity index (χ1n) is 9.73. The van der Waals surface area contributed by atoms with Gasteiger partial charge in [0.25, 0.3) is 0 Å². The van der Waals surface area contributed by atoms with Crippen molar-refractivity contribution in [3.63, 3.8) is 0 Å². The van der Waals surface area contributed by atoms with Gasteiger partial charge in [0.1, 0.15) is 12.0 Å². The molecule has 4 nitrogen and oxygen atoms in total. The molecule has 0 amide bonds. The Labute approximate surface area is 161 Å². The Morgan fingerprint density at radius 3 is 2.48 bits per heavy atom. The van der Waals surface area contributed by atoms with Crippen LogP contribution in [0.3, 0.4) is 0 Å². The maximum atomic E-state index is 10.5. The largest absolute Gasteiger partial charge is 0.303 e. The van der Waals surface area contributed by atoms with Crippen molar-refractivity contribution in [1.29, 1.82) is 0 Å². The molecular formula is C23H27N3O. The van der Waals surface area contributed by atoms with Crippen LogP contribution in [0, 0.1) is 0 Å². The monoisotopic (exact) mass is 361 g/mol. The topological polar surface area (TPSA) is 47.8 Å². The molecule has 0 aliphatic carbocycles. The van der Waals surface area contributed by atoms with E-state index in [1.807, 2.05) is 22.9 Å². The maximum Gasteiger partial charge on any atom is 0.119 e. The van der Waals surface area contributed by atoms with Crippen LogP contribution in [0.15, 0.2) is 54.7 Å². The van der Waals surface area contributed by atoms with Crippen molar-refractivity contribution in [1.82, 2.24) is 14.8 Å². The number of rotatable bonds is 9. The van der Waals surface area contributed by atoms with Gasteiger partial charge in [0.2, 0.25) is 0 Å². The summed E-state index contributed by atoms with van der Waals surface area (Å²) in [6.45, 7) is 4.40. The van der Waals surface area contributed by atoms with E-state index in [2.05, 4.69) is 49.2 Å². The molecule has 0 aliphatic heterocycles. The highest BCUT2D eigenvalue weighted by Gasteiger charge is 2.12. The second-order valence-electron chi connectivity index (χ2n) is 7.16. The van der Waals surface area contributed by atoms with Gasteiger partial charge in [0.15, 0.2) is 0 Å². The third-order valence-electron chi connectivity index (χ3n) is 4.77. The van der Waals surface area contributed by atoms with Crippen LogP contribution in [0.4, 0.5) is 0 Å². The minimum Gasteiger partial charge on any atom is -0.303 e. The van der Waals surface area contributed by atoms with E-state index in [-0.39, 0.29) is 0 Å². The predicted molar refractivity (Wildman–Crippen MR) is 109 cm³/mol. The molecule has 0 bridgehead atoms. The van der Waals surface area contributed by atoms with E-state index >= 15 is 0 Å². The van der Waals surface area contributed by atoms with Crippen molar-refractivity contribution in [2.45, 2.75) is 51.9 Å². The number of aryl methyl sites for hydroxylation is 1. The number of benzene rings is 1. The van der Waals surface area contributed by atoms with Crippen LogP contribution in [0.5, 0.6) is 0 Å². The quantitative estimate of drug-likeness (QED) is 0.381. The van der Waals surface area contributed by atoms with E-state index in [0.717, 1.165) is 49.0 Å². The highest BCUT2D eigenvalue weighted by Crippen LogP contribution is 2.23. The third-order valence-corrected chi connectivity index (χ3v) is 4.77. The molecule has 0 spiro atoms. The van der Waals surface area contributed by atoms with Crippen LogP contribution in [0.1, 0.15) is 56.7 Å². The lowest BCUT2D eigenvalue weighted by Crippen LogP contribution is -2.03. The number of hydrogen-bond acceptors (Lipinski definition) is 3. The van der Waals surface area contributed by atoms with Gasteiger partial charge in [-0.25, -0.2) is 4.68 Å². The van der Waals surface area contributed by atoms with Crippen molar-refractivity contribution in [3.8, 4) is 17.1 Å². The molecule has 3 rings (SSSR count). The molecule has 0 unspecified atom stereocenters. The number of carbonyl (C=O) groups excluding carboxylic acids is 1. The normalized spacial score (nSPS) is 11.1. The highest BCUT2D eigenvalue weighted by atomic mass is 16.1. The molecule has 27 heavy (non-hydrogen) atoms. The Morgan fingerprint density at radius 1 is 1.00 bits per heavy atom. The van der Waals surface area contributed by atoms with Crippen molar-refractivity contribution in [2.24, 2.45) is 0 Å². The minimum absolute atomic E-state index is 0.512. The lowest BCUT2D eigenvalue weighted by atomic mass is 10.0. The first-order chi connectivity index (χ1) is 13.2.